The van der Waals surface area contributed by atoms with E-state index in [0.29, 0.717) is 5.69 Å². The normalized spacial score (nSPS) is 12.8. The van der Waals surface area contributed by atoms with Gasteiger partial charge in [0.1, 0.15) is 24.7 Å². The third-order valence-electron chi connectivity index (χ3n) is 8.01. The Hall–Kier alpha value is -5.95. The number of benzene rings is 3. The molecule has 3 aromatic carbocycles. The monoisotopic (exact) mass is 651 g/mol. The van der Waals surface area contributed by atoms with Gasteiger partial charge < -0.3 is 30.2 Å². The molecule has 48 heavy (non-hydrogen) atoms. The standard InChI is InChI=1S/C35H37N7O6/c1-42(34(45)30(18-26-20-36-22-38-26)40-35(46)48-21-24-12-6-3-7-13-24)31(16-23-10-4-2-5-11-23)33(44)39-29(32(43)41-47)17-25-19-37-28-15-9-8-14-27(25)28/h2-15,19-20,22,29-31,37,47H,16-18,21H2,1H3,(H,36,38)(H,39,44)(H,40,46)(H,41,43)/t29-,30-,31-/m0/s1. The highest BCUT2D eigenvalue weighted by molar-refractivity contribution is 5.94. The smallest absolute Gasteiger partial charge is 0.408 e. The lowest BCUT2D eigenvalue weighted by Gasteiger charge is -2.32. The SMILES string of the molecule is CN(C(=O)[C@H](Cc1cnc[nH]1)NC(=O)OCc1ccccc1)[C@@H](Cc1ccccc1)C(=O)N[C@@H](Cc1c[nH]c2ccccc12)C(=O)NO. The first-order valence-corrected chi connectivity index (χ1v) is 15.4. The van der Waals surface area contributed by atoms with E-state index in [2.05, 4.69) is 25.6 Å². The van der Waals surface area contributed by atoms with Crippen molar-refractivity contribution in [3.8, 4) is 0 Å². The van der Waals surface area contributed by atoms with Crippen molar-refractivity contribution < 1.29 is 29.1 Å². The van der Waals surface area contributed by atoms with Gasteiger partial charge in [-0.1, -0.05) is 78.9 Å². The number of fused-ring (bicyclic) bond motifs is 1. The van der Waals surface area contributed by atoms with Gasteiger partial charge in [-0.2, -0.15) is 0 Å². The minimum Gasteiger partial charge on any atom is -0.445 e. The molecule has 0 fully saturated rings. The van der Waals surface area contributed by atoms with Gasteiger partial charge in [0.25, 0.3) is 5.91 Å². The van der Waals surface area contributed by atoms with E-state index in [1.54, 1.807) is 11.7 Å². The van der Waals surface area contributed by atoms with Gasteiger partial charge in [0.15, 0.2) is 0 Å². The third-order valence-corrected chi connectivity index (χ3v) is 8.01. The van der Waals surface area contributed by atoms with Crippen LogP contribution in [0.4, 0.5) is 4.79 Å². The number of likely N-dealkylation sites (N-methyl/N-ethyl adjacent to an activating group) is 1. The van der Waals surface area contributed by atoms with Crippen molar-refractivity contribution in [1.82, 2.24) is 36.0 Å². The molecule has 0 aliphatic rings. The van der Waals surface area contributed by atoms with Crippen LogP contribution in [-0.2, 0) is 45.0 Å². The predicted molar refractivity (Wildman–Crippen MR) is 176 cm³/mol. The van der Waals surface area contributed by atoms with Crippen molar-refractivity contribution in [2.45, 2.75) is 44.0 Å². The van der Waals surface area contributed by atoms with Crippen LogP contribution >= 0.6 is 0 Å². The zero-order valence-electron chi connectivity index (χ0n) is 26.3. The molecule has 2 aromatic heterocycles. The quantitative estimate of drug-likeness (QED) is 0.0788. The molecule has 4 amide bonds. The molecule has 6 N–H and O–H groups in total. The summed E-state index contributed by atoms with van der Waals surface area (Å²) in [5.41, 5.74) is 5.36. The molecule has 0 aliphatic heterocycles. The Labute approximate surface area is 276 Å². The number of rotatable bonds is 14. The molecule has 5 aromatic rings. The van der Waals surface area contributed by atoms with Gasteiger partial charge in [0, 0.05) is 55.3 Å². The van der Waals surface area contributed by atoms with E-state index in [-0.39, 0.29) is 25.9 Å². The van der Waals surface area contributed by atoms with Crippen LogP contribution < -0.4 is 16.1 Å². The molecule has 13 heteroatoms. The van der Waals surface area contributed by atoms with Crippen LogP contribution in [0.1, 0.15) is 22.4 Å². The van der Waals surface area contributed by atoms with Crippen molar-refractivity contribution in [1.29, 1.82) is 0 Å². The van der Waals surface area contributed by atoms with Gasteiger partial charge in [0.05, 0.1) is 6.33 Å². The first-order valence-electron chi connectivity index (χ1n) is 15.4. The van der Waals surface area contributed by atoms with Crippen LogP contribution in [0.3, 0.4) is 0 Å². The maximum Gasteiger partial charge on any atom is 0.408 e. The highest BCUT2D eigenvalue weighted by Gasteiger charge is 2.35. The second-order valence-corrected chi connectivity index (χ2v) is 11.3. The molecule has 5 rings (SSSR count). The summed E-state index contributed by atoms with van der Waals surface area (Å²) >= 11 is 0. The molecule has 0 radical (unpaired) electrons. The number of nitrogens with one attached hydrogen (secondary N) is 5. The number of aromatic nitrogens is 3. The van der Waals surface area contributed by atoms with Gasteiger partial charge in [-0.25, -0.2) is 15.3 Å². The van der Waals surface area contributed by atoms with Crippen molar-refractivity contribution in [2.24, 2.45) is 0 Å². The van der Waals surface area contributed by atoms with Gasteiger partial charge in [-0.05, 0) is 22.8 Å². The topological polar surface area (TPSA) is 182 Å². The molecule has 13 nitrogen and oxygen atoms in total. The zero-order chi connectivity index (χ0) is 33.9. The summed E-state index contributed by atoms with van der Waals surface area (Å²) in [6.07, 6.45) is 4.13. The molecule has 248 valence electrons. The number of hydroxylamine groups is 1. The zero-order valence-corrected chi connectivity index (χ0v) is 26.3. The van der Waals surface area contributed by atoms with E-state index in [9.17, 15) is 24.4 Å². The van der Waals surface area contributed by atoms with Crippen LogP contribution in [0, 0.1) is 0 Å². The molecule has 0 bridgehead atoms. The average Bonchev–Trinajstić information content (AvgIpc) is 3.79. The van der Waals surface area contributed by atoms with Gasteiger partial charge in [-0.3, -0.25) is 19.6 Å². The lowest BCUT2D eigenvalue weighted by atomic mass is 10.0. The van der Waals surface area contributed by atoms with Crippen LogP contribution in [0.25, 0.3) is 10.9 Å². The van der Waals surface area contributed by atoms with E-state index in [1.165, 1.54) is 24.5 Å². The minimum atomic E-state index is -1.17. The average molecular weight is 652 g/mol. The number of carbonyl (C=O) groups is 4. The predicted octanol–water partition coefficient (Wildman–Crippen LogP) is 3.03. The fourth-order valence-electron chi connectivity index (χ4n) is 5.44. The summed E-state index contributed by atoms with van der Waals surface area (Å²) < 4.78 is 5.39. The number of alkyl carbamates (subject to hydrolysis) is 1. The lowest BCUT2D eigenvalue weighted by Crippen LogP contribution is -2.58. The molecule has 0 unspecified atom stereocenters. The van der Waals surface area contributed by atoms with Gasteiger partial charge in [0.2, 0.25) is 11.8 Å². The number of hydrogen-bond donors (Lipinski definition) is 6. The number of H-pyrrole nitrogens is 2. The maximum absolute atomic E-state index is 14.1. The maximum atomic E-state index is 14.1. The Morgan fingerprint density at radius 3 is 2.19 bits per heavy atom. The van der Waals surface area contributed by atoms with Crippen molar-refractivity contribution in [3.63, 3.8) is 0 Å². The Balaban J connectivity index is 1.37. The number of aromatic amines is 2. The second-order valence-electron chi connectivity index (χ2n) is 11.3. The summed E-state index contributed by atoms with van der Waals surface area (Å²) in [7, 11) is 1.47. The number of amides is 4. The van der Waals surface area contributed by atoms with Crippen LogP contribution in [0.2, 0.25) is 0 Å². The Bertz CT molecular complexity index is 1810. The highest BCUT2D eigenvalue weighted by atomic mass is 16.5. The minimum absolute atomic E-state index is 0.00272. The molecule has 0 saturated heterocycles. The molecular formula is C35H37N7O6. The van der Waals surface area contributed by atoms with Crippen LogP contribution in [-0.4, -0.2) is 74.0 Å². The number of nitrogens with zero attached hydrogens (tertiary/aromatic N) is 2. The number of imidazole rings is 1. The van der Waals surface area contributed by atoms with Crippen LogP contribution in [0.15, 0.2) is 104 Å². The third kappa shape index (κ3) is 8.65. The van der Waals surface area contributed by atoms with Crippen molar-refractivity contribution >= 4 is 34.7 Å². The molecule has 0 spiro atoms. The molecular weight excluding hydrogens is 614 g/mol. The van der Waals surface area contributed by atoms with Crippen molar-refractivity contribution in [2.75, 3.05) is 7.05 Å². The summed E-state index contributed by atoms with van der Waals surface area (Å²) in [5, 5.41) is 15.8. The molecule has 2 heterocycles. The largest absolute Gasteiger partial charge is 0.445 e. The van der Waals surface area contributed by atoms with Crippen molar-refractivity contribution in [3.05, 3.63) is 126 Å². The fraction of sp³-hybridized carbons (Fsp3) is 0.229. The number of ether oxygens (including phenoxy) is 1. The highest BCUT2D eigenvalue weighted by Crippen LogP contribution is 2.20. The van der Waals surface area contributed by atoms with E-state index < -0.39 is 41.9 Å². The van der Waals surface area contributed by atoms with E-state index in [4.69, 9.17) is 4.74 Å². The summed E-state index contributed by atoms with van der Waals surface area (Å²) in [6.45, 7) is -0.00272. The summed E-state index contributed by atoms with van der Waals surface area (Å²) in [5.74, 6) is -2.02. The number of carbonyl (C=O) groups excluding carboxylic acids is 4. The number of para-hydroxylation sites is 1. The Morgan fingerprint density at radius 2 is 1.50 bits per heavy atom. The first-order chi connectivity index (χ1) is 23.3. The molecule has 0 saturated carbocycles. The summed E-state index contributed by atoms with van der Waals surface area (Å²) in [4.78, 5) is 65.2. The Kier molecular flexibility index (Phi) is 11.2. The lowest BCUT2D eigenvalue weighted by molar-refractivity contribution is -0.142. The van der Waals surface area contributed by atoms with Gasteiger partial charge in [-0.15, -0.1) is 0 Å². The van der Waals surface area contributed by atoms with E-state index in [0.717, 1.165) is 27.6 Å². The van der Waals surface area contributed by atoms with Crippen LogP contribution in [0.5, 0.6) is 0 Å². The number of hydrogen-bond acceptors (Lipinski definition) is 7. The first kappa shape index (κ1) is 33.4. The van der Waals surface area contributed by atoms with E-state index >= 15 is 0 Å². The summed E-state index contributed by atoms with van der Waals surface area (Å²) in [6, 6.07) is 22.3. The molecule has 0 aliphatic carbocycles. The Morgan fingerprint density at radius 1 is 0.812 bits per heavy atom. The second kappa shape index (κ2) is 16.1. The van der Waals surface area contributed by atoms with Gasteiger partial charge >= 0.3 is 6.09 Å². The fourth-order valence-corrected chi connectivity index (χ4v) is 5.44. The molecule has 3 atom stereocenters. The van der Waals surface area contributed by atoms with E-state index in [1.807, 2.05) is 84.9 Å².